The summed E-state index contributed by atoms with van der Waals surface area (Å²) in [5, 5.41) is 23.5. The topological polar surface area (TPSA) is 98.8 Å². The van der Waals surface area contributed by atoms with Crippen molar-refractivity contribution in [2.24, 2.45) is 0 Å². The SMILES string of the molecule is CCNc1nc(NCC(C)(C)O)c2cn[nH]c2n1. The maximum atomic E-state index is 9.73. The zero-order valence-electron chi connectivity index (χ0n) is 10.8. The smallest absolute Gasteiger partial charge is 0.226 e. The lowest BCUT2D eigenvalue weighted by molar-refractivity contribution is 0.0944. The standard InChI is InChI=1S/C11H18N6O/c1-4-12-10-15-8(13-6-11(2,3)18)7-5-14-17-9(7)16-10/h5,18H,4,6H2,1-3H3,(H3,12,13,14,15,16,17). The number of H-pyrrole nitrogens is 1. The van der Waals surface area contributed by atoms with E-state index in [1.807, 2.05) is 6.92 Å². The first kappa shape index (κ1) is 12.6. The van der Waals surface area contributed by atoms with E-state index in [0.717, 1.165) is 11.9 Å². The lowest BCUT2D eigenvalue weighted by Gasteiger charge is -2.18. The molecule has 0 fully saturated rings. The maximum absolute atomic E-state index is 9.73. The lowest BCUT2D eigenvalue weighted by atomic mass is 10.1. The molecule has 0 unspecified atom stereocenters. The van der Waals surface area contributed by atoms with Crippen LogP contribution in [0.3, 0.4) is 0 Å². The number of aromatic amines is 1. The van der Waals surface area contributed by atoms with Crippen LogP contribution in [0.25, 0.3) is 11.0 Å². The largest absolute Gasteiger partial charge is 0.389 e. The molecule has 0 aliphatic heterocycles. The average molecular weight is 250 g/mol. The Bertz CT molecular complexity index is 530. The molecule has 98 valence electrons. The third-order valence-electron chi connectivity index (χ3n) is 2.33. The van der Waals surface area contributed by atoms with Gasteiger partial charge in [-0.1, -0.05) is 0 Å². The first-order valence-electron chi connectivity index (χ1n) is 5.91. The Morgan fingerprint density at radius 2 is 2.11 bits per heavy atom. The van der Waals surface area contributed by atoms with Crippen LogP contribution in [0.15, 0.2) is 6.20 Å². The van der Waals surface area contributed by atoms with Gasteiger partial charge in [0.05, 0.1) is 17.2 Å². The number of hydrogen-bond donors (Lipinski definition) is 4. The van der Waals surface area contributed by atoms with E-state index in [1.54, 1.807) is 20.0 Å². The van der Waals surface area contributed by atoms with E-state index in [0.29, 0.717) is 24.0 Å². The number of anilines is 2. The molecule has 2 heterocycles. The van der Waals surface area contributed by atoms with E-state index < -0.39 is 5.60 Å². The average Bonchev–Trinajstić information content (AvgIpc) is 2.73. The molecule has 0 atom stereocenters. The second-order valence-corrected chi connectivity index (χ2v) is 4.72. The number of fused-ring (bicyclic) bond motifs is 1. The number of aromatic nitrogens is 4. The van der Waals surface area contributed by atoms with Gasteiger partial charge in [-0.3, -0.25) is 5.10 Å². The van der Waals surface area contributed by atoms with Crippen LogP contribution >= 0.6 is 0 Å². The van der Waals surface area contributed by atoms with Crippen LogP contribution in [0, 0.1) is 0 Å². The molecule has 0 radical (unpaired) electrons. The number of nitrogens with one attached hydrogen (secondary N) is 3. The van der Waals surface area contributed by atoms with Crippen LogP contribution in [-0.2, 0) is 0 Å². The molecule has 0 aliphatic carbocycles. The fraction of sp³-hybridized carbons (Fsp3) is 0.545. The summed E-state index contributed by atoms with van der Waals surface area (Å²) in [6.07, 6.45) is 1.66. The van der Waals surface area contributed by atoms with Crippen molar-refractivity contribution in [3.8, 4) is 0 Å². The van der Waals surface area contributed by atoms with Gasteiger partial charge in [-0.05, 0) is 20.8 Å². The van der Waals surface area contributed by atoms with Gasteiger partial charge in [0, 0.05) is 13.1 Å². The van der Waals surface area contributed by atoms with E-state index in [4.69, 9.17) is 0 Å². The summed E-state index contributed by atoms with van der Waals surface area (Å²) in [5.74, 6) is 1.19. The van der Waals surface area contributed by atoms with Crippen molar-refractivity contribution in [3.05, 3.63) is 6.20 Å². The van der Waals surface area contributed by atoms with Crippen molar-refractivity contribution < 1.29 is 5.11 Å². The predicted octanol–water partition coefficient (Wildman–Crippen LogP) is 0.967. The van der Waals surface area contributed by atoms with E-state index in [1.165, 1.54) is 0 Å². The summed E-state index contributed by atoms with van der Waals surface area (Å²) in [4.78, 5) is 8.65. The van der Waals surface area contributed by atoms with Crippen LogP contribution in [0.1, 0.15) is 20.8 Å². The van der Waals surface area contributed by atoms with Gasteiger partial charge in [-0.2, -0.15) is 15.1 Å². The second-order valence-electron chi connectivity index (χ2n) is 4.72. The molecule has 0 bridgehead atoms. The molecule has 7 heteroatoms. The molecule has 2 aromatic heterocycles. The van der Waals surface area contributed by atoms with Gasteiger partial charge >= 0.3 is 0 Å². The predicted molar refractivity (Wildman–Crippen MR) is 70.6 cm³/mol. The summed E-state index contributed by atoms with van der Waals surface area (Å²) in [6, 6.07) is 0. The van der Waals surface area contributed by atoms with Crippen LogP contribution in [0.4, 0.5) is 11.8 Å². The van der Waals surface area contributed by atoms with Crippen LogP contribution in [0.5, 0.6) is 0 Å². The quantitative estimate of drug-likeness (QED) is 0.631. The summed E-state index contributed by atoms with van der Waals surface area (Å²) in [7, 11) is 0. The minimum Gasteiger partial charge on any atom is -0.389 e. The fourth-order valence-corrected chi connectivity index (χ4v) is 1.51. The summed E-state index contributed by atoms with van der Waals surface area (Å²) in [6.45, 7) is 6.59. The minimum absolute atomic E-state index is 0.399. The van der Waals surface area contributed by atoms with Crippen molar-refractivity contribution in [1.29, 1.82) is 0 Å². The fourth-order valence-electron chi connectivity index (χ4n) is 1.51. The molecule has 7 nitrogen and oxygen atoms in total. The Kier molecular flexibility index (Phi) is 3.33. The van der Waals surface area contributed by atoms with E-state index >= 15 is 0 Å². The Labute approximate surface area is 105 Å². The van der Waals surface area contributed by atoms with Gasteiger partial charge in [0.1, 0.15) is 5.82 Å². The molecule has 0 amide bonds. The molecule has 18 heavy (non-hydrogen) atoms. The molecule has 0 saturated carbocycles. The summed E-state index contributed by atoms with van der Waals surface area (Å²) < 4.78 is 0. The molecular weight excluding hydrogens is 232 g/mol. The normalized spacial score (nSPS) is 11.8. The van der Waals surface area contributed by atoms with Crippen LogP contribution < -0.4 is 10.6 Å². The van der Waals surface area contributed by atoms with Gasteiger partial charge in [-0.15, -0.1) is 0 Å². The number of aliphatic hydroxyl groups is 1. The molecule has 0 saturated heterocycles. The highest BCUT2D eigenvalue weighted by atomic mass is 16.3. The van der Waals surface area contributed by atoms with E-state index in [2.05, 4.69) is 30.8 Å². The lowest BCUT2D eigenvalue weighted by Crippen LogP contribution is -2.29. The van der Waals surface area contributed by atoms with Crippen molar-refractivity contribution in [2.45, 2.75) is 26.4 Å². The second kappa shape index (κ2) is 4.77. The number of hydrogen-bond acceptors (Lipinski definition) is 6. The summed E-state index contributed by atoms with van der Waals surface area (Å²) in [5.41, 5.74) is -0.140. The van der Waals surface area contributed by atoms with Gasteiger partial charge < -0.3 is 15.7 Å². The zero-order chi connectivity index (χ0) is 13.2. The third kappa shape index (κ3) is 2.86. The highest BCUT2D eigenvalue weighted by molar-refractivity contribution is 5.86. The molecule has 0 aliphatic rings. The van der Waals surface area contributed by atoms with Crippen LogP contribution in [0.2, 0.25) is 0 Å². The monoisotopic (exact) mass is 250 g/mol. The van der Waals surface area contributed by atoms with Gasteiger partial charge in [0.25, 0.3) is 0 Å². The van der Waals surface area contributed by atoms with Crippen molar-refractivity contribution in [1.82, 2.24) is 20.2 Å². The van der Waals surface area contributed by atoms with Crippen LogP contribution in [-0.4, -0.2) is 44.0 Å². The van der Waals surface area contributed by atoms with Gasteiger partial charge in [-0.25, -0.2) is 0 Å². The Hall–Kier alpha value is -1.89. The van der Waals surface area contributed by atoms with Gasteiger partial charge in [0.2, 0.25) is 5.95 Å². The minimum atomic E-state index is -0.806. The molecule has 0 spiro atoms. The first-order chi connectivity index (χ1) is 8.49. The molecule has 2 aromatic rings. The Morgan fingerprint density at radius 1 is 1.33 bits per heavy atom. The maximum Gasteiger partial charge on any atom is 0.226 e. The van der Waals surface area contributed by atoms with E-state index in [9.17, 15) is 5.11 Å². The molecule has 2 rings (SSSR count). The Morgan fingerprint density at radius 3 is 2.78 bits per heavy atom. The van der Waals surface area contributed by atoms with Crippen molar-refractivity contribution in [3.63, 3.8) is 0 Å². The third-order valence-corrected chi connectivity index (χ3v) is 2.33. The molecule has 0 aromatic carbocycles. The Balaban J connectivity index is 2.31. The van der Waals surface area contributed by atoms with Crippen molar-refractivity contribution >= 4 is 22.8 Å². The summed E-state index contributed by atoms with van der Waals surface area (Å²) >= 11 is 0. The molecular formula is C11H18N6O. The highest BCUT2D eigenvalue weighted by Crippen LogP contribution is 2.20. The first-order valence-corrected chi connectivity index (χ1v) is 5.91. The van der Waals surface area contributed by atoms with Gasteiger partial charge in [0.15, 0.2) is 5.65 Å². The zero-order valence-corrected chi connectivity index (χ0v) is 10.8. The number of nitrogens with zero attached hydrogens (tertiary/aromatic N) is 3. The number of rotatable bonds is 5. The highest BCUT2D eigenvalue weighted by Gasteiger charge is 2.15. The van der Waals surface area contributed by atoms with E-state index in [-0.39, 0.29) is 0 Å². The molecule has 4 N–H and O–H groups in total. The van der Waals surface area contributed by atoms with Crippen molar-refractivity contribution in [2.75, 3.05) is 23.7 Å².